The Bertz CT molecular complexity index is 1960. The Morgan fingerprint density at radius 1 is 0.863 bits per heavy atom. The topological polar surface area (TPSA) is 89.1 Å². The molecule has 7 heteroatoms. The van der Waals surface area contributed by atoms with Crippen molar-refractivity contribution >= 4 is 27.7 Å². The van der Waals surface area contributed by atoms with Gasteiger partial charge in [-0.15, -0.1) is 29.1 Å². The summed E-state index contributed by atoms with van der Waals surface area (Å²) in [5, 5.41) is 13.5. The summed E-state index contributed by atoms with van der Waals surface area (Å²) in [6.45, 7) is 23.2. The van der Waals surface area contributed by atoms with Crippen LogP contribution in [0.3, 0.4) is 0 Å². The first kappa shape index (κ1) is 41.7. The van der Waals surface area contributed by atoms with Crippen LogP contribution in [-0.2, 0) is 36.7 Å². The Labute approximate surface area is 319 Å². The van der Waals surface area contributed by atoms with Gasteiger partial charge >= 0.3 is 0 Å². The predicted octanol–water partition coefficient (Wildman–Crippen LogP) is 12.0. The smallest absolute Gasteiger partial charge is 0.226 e. The molecule has 0 saturated heterocycles. The summed E-state index contributed by atoms with van der Waals surface area (Å²) in [5.41, 5.74) is 4.95. The molecule has 0 spiro atoms. The van der Waals surface area contributed by atoms with Crippen molar-refractivity contribution in [3.63, 3.8) is 0 Å². The number of nitrogens with zero attached hydrogens (tertiary/aromatic N) is 3. The molecule has 2 aromatic carbocycles. The summed E-state index contributed by atoms with van der Waals surface area (Å²) < 4.78 is 5.90. The van der Waals surface area contributed by atoms with E-state index in [4.69, 9.17) is 4.42 Å². The summed E-state index contributed by atoms with van der Waals surface area (Å²) in [6, 6.07) is 20.4. The average Bonchev–Trinajstić information content (AvgIpc) is 3.51. The zero-order valence-electron chi connectivity index (χ0n) is 32.4. The maximum atomic E-state index is 12.2. The number of fused-ring (bicyclic) bond motifs is 2. The summed E-state index contributed by atoms with van der Waals surface area (Å²) in [4.78, 5) is 25.8. The van der Waals surface area contributed by atoms with Gasteiger partial charge in [-0.25, -0.2) is 9.97 Å². The second kappa shape index (κ2) is 17.2. The van der Waals surface area contributed by atoms with Crippen molar-refractivity contribution in [1.82, 2.24) is 15.0 Å². The Balaban J connectivity index is 0.000000335. The van der Waals surface area contributed by atoms with Crippen molar-refractivity contribution < 1.29 is 34.4 Å². The van der Waals surface area contributed by atoms with Crippen LogP contribution in [0, 0.1) is 22.8 Å². The number of pyridine rings is 1. The number of aliphatic hydroxyl groups excluding tert-OH is 1. The van der Waals surface area contributed by atoms with Crippen LogP contribution < -0.4 is 0 Å². The largest absolute Gasteiger partial charge is 0.512 e. The number of hydrogen-bond acceptors (Lipinski definition) is 6. The molecular weight excluding hydrogens is 811 g/mol. The number of carbonyl (C=O) groups is 1. The van der Waals surface area contributed by atoms with E-state index in [1.54, 1.807) is 6.33 Å². The molecule has 0 aliphatic carbocycles. The Morgan fingerprint density at radius 3 is 2.10 bits per heavy atom. The fraction of sp³-hybridized carbons (Fsp3) is 0.455. The summed E-state index contributed by atoms with van der Waals surface area (Å²) in [7, 11) is 0. The van der Waals surface area contributed by atoms with E-state index in [0.717, 1.165) is 71.2 Å². The third-order valence-electron chi connectivity index (χ3n) is 10.5. The standard InChI is InChI=1S/C29H28N3O.C15H28O2.Ir/c1-18(2)10-23-13-21-12-22(16-30-28(21)33-23)27-15-26(31-17-32-27)20-11-19-8-6-7-9-24(19)25(14-20)29(3,4)5;1-7-14(5,8-2)12(16)11-13(17)15(6,9-3)10-4;/h6-9,12-18H,10H2,1-5H3;11,16H,7-10H2,1-6H3;/q-1;;/b;12-11-;. The second-order valence-electron chi connectivity index (χ2n) is 15.5. The van der Waals surface area contributed by atoms with E-state index in [-0.39, 0.29) is 47.9 Å². The molecule has 1 radical (unpaired) electrons. The summed E-state index contributed by atoms with van der Waals surface area (Å²) >= 11 is 0. The van der Waals surface area contributed by atoms with Crippen molar-refractivity contribution in [3.8, 4) is 22.5 Å². The minimum absolute atomic E-state index is 0. The molecule has 0 amide bonds. The summed E-state index contributed by atoms with van der Waals surface area (Å²) in [5.74, 6) is 1.79. The molecule has 6 nitrogen and oxygen atoms in total. The minimum Gasteiger partial charge on any atom is -0.512 e. The molecule has 0 atom stereocenters. The van der Waals surface area contributed by atoms with Gasteiger partial charge in [-0.3, -0.25) is 9.78 Å². The molecule has 0 unspecified atom stereocenters. The van der Waals surface area contributed by atoms with E-state index in [9.17, 15) is 9.90 Å². The zero-order valence-corrected chi connectivity index (χ0v) is 34.8. The maximum Gasteiger partial charge on any atom is 0.226 e. The molecule has 3 aromatic heterocycles. The SMILES string of the molecule is CC(C)Cc1cc2cc(-c3cc(-c4[c-]c5ccccc5c(C(C)(C)C)c4)ncn3)cnc2o1.CCC(C)(CC)C(=O)/C=C(\O)C(C)(CC)CC.[Ir]. The molecule has 0 fully saturated rings. The van der Waals surface area contributed by atoms with E-state index in [0.29, 0.717) is 11.6 Å². The number of rotatable bonds is 11. The molecule has 0 aliphatic rings. The monoisotopic (exact) mass is 867 g/mol. The van der Waals surface area contributed by atoms with Gasteiger partial charge in [0.05, 0.1) is 5.69 Å². The van der Waals surface area contributed by atoms with Crippen LogP contribution in [0.15, 0.2) is 77.3 Å². The van der Waals surface area contributed by atoms with Crippen molar-refractivity contribution in [2.24, 2.45) is 16.7 Å². The maximum absolute atomic E-state index is 12.2. The molecule has 3 heterocycles. The third-order valence-corrected chi connectivity index (χ3v) is 10.5. The van der Waals surface area contributed by atoms with Gasteiger partial charge in [-0.1, -0.05) is 105 Å². The van der Waals surface area contributed by atoms with Crippen LogP contribution in [-0.4, -0.2) is 25.8 Å². The number of allylic oxidation sites excluding steroid dienone is 2. The molecule has 0 bridgehead atoms. The third kappa shape index (κ3) is 9.81. The van der Waals surface area contributed by atoms with Crippen LogP contribution >= 0.6 is 0 Å². The van der Waals surface area contributed by atoms with Gasteiger partial charge in [0.1, 0.15) is 17.8 Å². The molecule has 0 aliphatic heterocycles. The first-order valence-corrected chi connectivity index (χ1v) is 18.2. The van der Waals surface area contributed by atoms with Gasteiger partial charge in [0.25, 0.3) is 0 Å². The number of aliphatic hydroxyl groups is 1. The van der Waals surface area contributed by atoms with Crippen molar-refractivity contribution in [1.29, 1.82) is 0 Å². The van der Waals surface area contributed by atoms with Crippen LogP contribution in [0.1, 0.15) is 113 Å². The number of benzene rings is 2. The molecule has 275 valence electrons. The molecule has 5 aromatic rings. The van der Waals surface area contributed by atoms with Gasteiger partial charge in [0, 0.05) is 66.3 Å². The number of furan rings is 1. The molecular formula is C44H56IrN3O3-. The van der Waals surface area contributed by atoms with Crippen molar-refractivity contribution in [2.75, 3.05) is 0 Å². The van der Waals surface area contributed by atoms with E-state index >= 15 is 0 Å². The van der Waals surface area contributed by atoms with Crippen molar-refractivity contribution in [3.05, 3.63) is 90.3 Å². The van der Waals surface area contributed by atoms with Gasteiger partial charge in [-0.2, -0.15) is 0 Å². The number of hydrogen-bond donors (Lipinski definition) is 1. The molecule has 5 rings (SSSR count). The fourth-order valence-corrected chi connectivity index (χ4v) is 5.96. The van der Waals surface area contributed by atoms with E-state index in [1.807, 2.05) is 53.8 Å². The number of ketones is 1. The number of carbonyl (C=O) groups excluding carboxylic acids is 1. The number of aromatic nitrogens is 3. The van der Waals surface area contributed by atoms with Gasteiger partial charge in [0.15, 0.2) is 5.78 Å². The van der Waals surface area contributed by atoms with Gasteiger partial charge < -0.3 is 9.52 Å². The Hall–Kier alpha value is -3.67. The Kier molecular flexibility index (Phi) is 14.1. The first-order chi connectivity index (χ1) is 23.6. The summed E-state index contributed by atoms with van der Waals surface area (Å²) in [6.07, 6.45) is 9.09. The second-order valence-corrected chi connectivity index (χ2v) is 15.5. The van der Waals surface area contributed by atoms with Crippen LogP contribution in [0.4, 0.5) is 0 Å². The zero-order chi connectivity index (χ0) is 36.9. The van der Waals surface area contributed by atoms with E-state index < -0.39 is 0 Å². The molecule has 51 heavy (non-hydrogen) atoms. The normalized spacial score (nSPS) is 12.5. The Morgan fingerprint density at radius 2 is 1.49 bits per heavy atom. The molecule has 0 saturated carbocycles. The van der Waals surface area contributed by atoms with Crippen LogP contribution in [0.25, 0.3) is 44.4 Å². The quantitative estimate of drug-likeness (QED) is 0.0808. The fourth-order valence-electron chi connectivity index (χ4n) is 5.96. The van der Waals surface area contributed by atoms with Crippen LogP contribution in [0.2, 0.25) is 0 Å². The van der Waals surface area contributed by atoms with Gasteiger partial charge in [0.2, 0.25) is 5.71 Å². The predicted molar refractivity (Wildman–Crippen MR) is 207 cm³/mol. The van der Waals surface area contributed by atoms with Crippen LogP contribution in [0.5, 0.6) is 0 Å². The average molecular weight is 867 g/mol. The van der Waals surface area contributed by atoms with E-state index in [2.05, 4.69) is 98.1 Å². The van der Waals surface area contributed by atoms with E-state index in [1.165, 1.54) is 17.0 Å². The molecule has 1 N–H and O–H groups in total. The minimum atomic E-state index is -0.337. The van der Waals surface area contributed by atoms with Crippen molar-refractivity contribution in [2.45, 2.75) is 114 Å². The first-order valence-electron chi connectivity index (χ1n) is 18.2. The van der Waals surface area contributed by atoms with Gasteiger partial charge in [-0.05, 0) is 55.2 Å².